The third kappa shape index (κ3) is 30.8. The van der Waals surface area contributed by atoms with Crippen LogP contribution >= 0.6 is 29.4 Å². The van der Waals surface area contributed by atoms with E-state index in [9.17, 15) is 57.9 Å². The maximum Gasteiger partial charge on any atom is 0.471 e. The monoisotopic (exact) mass is 928 g/mol. The lowest BCUT2D eigenvalue weighted by atomic mass is 9.92. The zero-order chi connectivity index (χ0) is 46.2. The van der Waals surface area contributed by atoms with E-state index in [2.05, 4.69) is 31.1 Å². The number of hydrogen-bond acceptors (Lipinski definition) is 14. The predicted octanol–water partition coefficient (Wildman–Crippen LogP) is 2.43. The highest BCUT2D eigenvalue weighted by Gasteiger charge is 2.32. The number of nitrogens with two attached hydrogens (primary N) is 1. The van der Waals surface area contributed by atoms with Crippen LogP contribution in [0.2, 0.25) is 0 Å². The quantitative estimate of drug-likeness (QED) is 0.0244. The number of urea groups is 1. The van der Waals surface area contributed by atoms with E-state index in [0.717, 1.165) is 43.6 Å². The largest absolute Gasteiger partial charge is 0.481 e. The fourth-order valence-corrected chi connectivity index (χ4v) is 7.99. The number of ketones is 2. The second-order valence-electron chi connectivity index (χ2n) is 14.1. The normalized spacial score (nSPS) is 14.0. The number of carboxylic acid groups (broad SMARTS) is 2. The first-order chi connectivity index (χ1) is 28.8. The minimum absolute atomic E-state index is 0.0102. The molecule has 61 heavy (non-hydrogen) atoms. The molecule has 21 nitrogen and oxygen atoms in total. The number of carbonyl (C=O) groups is 9. The molecular weight excluding hydrogens is 864 g/mol. The average molecular weight is 929 g/mol. The first-order valence-electron chi connectivity index (χ1n) is 20.3. The predicted molar refractivity (Wildman–Crippen MR) is 228 cm³/mol. The molecule has 0 aliphatic heterocycles. The topological polar surface area (TPSA) is 336 Å². The Kier molecular flexibility index (Phi) is 31.7. The van der Waals surface area contributed by atoms with Gasteiger partial charge < -0.3 is 47.4 Å². The Morgan fingerprint density at radius 2 is 1.31 bits per heavy atom. The summed E-state index contributed by atoms with van der Waals surface area (Å²) >= 11 is 0. The van der Waals surface area contributed by atoms with Crippen LogP contribution < -0.4 is 32.3 Å². The van der Waals surface area contributed by atoms with Gasteiger partial charge in [0.1, 0.15) is 11.8 Å². The lowest BCUT2D eigenvalue weighted by Gasteiger charge is -2.23. The Morgan fingerprint density at radius 1 is 0.721 bits per heavy atom. The molecule has 1 unspecified atom stereocenters. The van der Waals surface area contributed by atoms with E-state index in [1.807, 2.05) is 0 Å². The lowest BCUT2D eigenvalue weighted by Crippen LogP contribution is -2.48. The number of unbranched alkanes of at least 4 members (excludes halogenated alkanes) is 5. The highest BCUT2D eigenvalue weighted by atomic mass is 33.1. The van der Waals surface area contributed by atoms with Gasteiger partial charge in [0.15, 0.2) is 5.78 Å². The van der Waals surface area contributed by atoms with Gasteiger partial charge in [0.2, 0.25) is 23.6 Å². The molecule has 350 valence electrons. The maximum absolute atomic E-state index is 13.4. The van der Waals surface area contributed by atoms with Gasteiger partial charge in [-0.15, -0.1) is 0 Å². The van der Waals surface area contributed by atoms with Gasteiger partial charge in [-0.25, -0.2) is 14.2 Å². The number of Topliss-reactive ketones (excluding diaryl/α,β-unsaturated/α-hetero) is 2. The molecule has 0 saturated carbocycles. The summed E-state index contributed by atoms with van der Waals surface area (Å²) in [5.41, 5.74) is 5.08. The highest BCUT2D eigenvalue weighted by molar-refractivity contribution is 8.76. The molecule has 0 aliphatic carbocycles. The minimum atomic E-state index is -3.95. The number of carbonyl (C=O) groups excluding carboxylic acids is 7. The Bertz CT molecular complexity index is 1480. The van der Waals surface area contributed by atoms with Crippen molar-refractivity contribution >= 4 is 82.6 Å². The molecule has 0 aromatic carbocycles. The molecular formula is C37H65N6O15PS2. The van der Waals surface area contributed by atoms with Gasteiger partial charge in [0.05, 0.1) is 25.0 Å². The molecule has 0 aromatic heterocycles. The van der Waals surface area contributed by atoms with Crippen molar-refractivity contribution in [2.45, 2.75) is 122 Å². The summed E-state index contributed by atoms with van der Waals surface area (Å²) in [6.45, 7) is 4.27. The van der Waals surface area contributed by atoms with Crippen LogP contribution in [0.5, 0.6) is 0 Å². The van der Waals surface area contributed by atoms with Gasteiger partial charge in [0.25, 0.3) is 0 Å². The number of nitrogens with one attached hydrogen (secondary N) is 5. The van der Waals surface area contributed by atoms with Gasteiger partial charge >= 0.3 is 25.8 Å². The number of aliphatic carboxylic acids is 2. The van der Waals surface area contributed by atoms with E-state index in [1.54, 1.807) is 6.92 Å². The Hall–Kier alpha value is -3.76. The third-order valence-corrected chi connectivity index (χ3v) is 12.3. The molecule has 0 fully saturated rings. The number of rotatable bonds is 38. The van der Waals surface area contributed by atoms with Crippen molar-refractivity contribution in [2.24, 2.45) is 17.6 Å². The number of phosphoric acid groups is 1. The second-order valence-corrected chi connectivity index (χ2v) is 18.3. The van der Waals surface area contributed by atoms with Crippen molar-refractivity contribution in [3.63, 3.8) is 0 Å². The lowest BCUT2D eigenvalue weighted by molar-refractivity contribution is -0.144. The van der Waals surface area contributed by atoms with Crippen molar-refractivity contribution in [1.82, 2.24) is 26.6 Å². The number of hydrogen-bond donors (Lipinski definition) is 9. The summed E-state index contributed by atoms with van der Waals surface area (Å²) in [6, 6.07) is -3.46. The van der Waals surface area contributed by atoms with Gasteiger partial charge in [-0.1, -0.05) is 54.7 Å². The second kappa shape index (κ2) is 33.8. The standard InChI is InChI=1S/C37H65N6O15PS2/c1-4-27(44)21-25(2)34(50)42-28(13-12-18-41-37(38)54)30(45)22-26(23-33(48)49)35(51)43-29(36(52)53)24-61-60-20-15-32(47)40-17-10-7-8-14-31(46)39-16-9-5-6-11-19-58-59(55,56)57-3/h25-26,28-29H,4-24H2,1-3H3,(H,39,46)(H,40,47)(H,42,50)(H,43,51)(H,48,49)(H,52,53)(H,55,56)(H3,38,41,54)/t25-,26+,28+,29+/m1/s1. The first kappa shape index (κ1) is 57.2. The van der Waals surface area contributed by atoms with Crippen molar-refractivity contribution in [3.8, 4) is 0 Å². The van der Waals surface area contributed by atoms with Crippen LogP contribution in [-0.2, 0) is 52.0 Å². The van der Waals surface area contributed by atoms with Crippen LogP contribution in [0.15, 0.2) is 0 Å². The maximum atomic E-state index is 13.4. The summed E-state index contributed by atoms with van der Waals surface area (Å²) in [6.07, 6.45) is 4.37. The van der Waals surface area contributed by atoms with Gasteiger partial charge in [0, 0.05) is 76.3 Å². The SMILES string of the molecule is CCC(=O)C[C@@H](C)C(=O)N[C@@H](CCCNC(N)=O)C(=O)C[C@@H](CC(=O)O)C(=O)N[C@@H](CSSCCC(=O)NCCCCCC(=O)NCCCCCCOP(=O)(O)OC)C(=O)O. The molecule has 0 aliphatic rings. The zero-order valence-corrected chi connectivity index (χ0v) is 37.8. The molecule has 0 spiro atoms. The summed E-state index contributed by atoms with van der Waals surface area (Å²) in [4.78, 5) is 119. The summed E-state index contributed by atoms with van der Waals surface area (Å²) in [5, 5.41) is 32.1. The molecule has 0 bridgehead atoms. The van der Waals surface area contributed by atoms with Crippen molar-refractivity contribution < 1.29 is 71.9 Å². The van der Waals surface area contributed by atoms with Crippen LogP contribution in [0.25, 0.3) is 0 Å². The molecule has 5 atom stereocenters. The number of primary amides is 1. The smallest absolute Gasteiger partial charge is 0.471 e. The molecule has 0 radical (unpaired) electrons. The fourth-order valence-electron chi connectivity index (χ4n) is 5.38. The van der Waals surface area contributed by atoms with Crippen LogP contribution in [0, 0.1) is 11.8 Å². The Morgan fingerprint density at radius 3 is 1.90 bits per heavy atom. The number of carboxylic acids is 2. The minimum Gasteiger partial charge on any atom is -0.481 e. The van der Waals surface area contributed by atoms with E-state index in [-0.39, 0.29) is 68.6 Å². The van der Waals surface area contributed by atoms with Gasteiger partial charge in [-0.05, 0) is 38.5 Å². The number of phosphoric ester groups is 1. The van der Waals surface area contributed by atoms with E-state index < -0.39 is 80.2 Å². The molecule has 0 aromatic rings. The van der Waals surface area contributed by atoms with Gasteiger partial charge in [-0.3, -0.25) is 42.6 Å². The van der Waals surface area contributed by atoms with E-state index in [4.69, 9.17) is 15.2 Å². The van der Waals surface area contributed by atoms with Crippen molar-refractivity contribution in [1.29, 1.82) is 0 Å². The molecule has 24 heteroatoms. The zero-order valence-electron chi connectivity index (χ0n) is 35.2. The third-order valence-electron chi connectivity index (χ3n) is 8.92. The molecule has 0 rings (SSSR count). The van der Waals surface area contributed by atoms with Crippen LogP contribution in [-0.4, -0.2) is 125 Å². The summed E-state index contributed by atoms with van der Waals surface area (Å²) in [5.74, 6) is -7.65. The van der Waals surface area contributed by atoms with Crippen molar-refractivity contribution in [2.75, 3.05) is 44.9 Å². The van der Waals surface area contributed by atoms with Crippen molar-refractivity contribution in [3.05, 3.63) is 0 Å². The van der Waals surface area contributed by atoms with Gasteiger partial charge in [-0.2, -0.15) is 0 Å². The van der Waals surface area contributed by atoms with E-state index >= 15 is 0 Å². The number of amides is 6. The molecule has 10 N–H and O–H groups in total. The fraction of sp³-hybridized carbons (Fsp3) is 0.757. The Labute approximate surface area is 364 Å². The Balaban J connectivity index is 4.70. The summed E-state index contributed by atoms with van der Waals surface area (Å²) < 4.78 is 20.3. The van der Waals surface area contributed by atoms with Crippen LogP contribution in [0.3, 0.4) is 0 Å². The van der Waals surface area contributed by atoms with Crippen LogP contribution in [0.1, 0.15) is 110 Å². The first-order valence-corrected chi connectivity index (χ1v) is 24.2. The van der Waals surface area contributed by atoms with Crippen LogP contribution in [0.4, 0.5) is 4.79 Å². The van der Waals surface area contributed by atoms with E-state index in [0.29, 0.717) is 44.5 Å². The average Bonchev–Trinajstić information content (AvgIpc) is 3.19. The molecule has 0 heterocycles. The summed E-state index contributed by atoms with van der Waals surface area (Å²) in [7, 11) is -0.570. The van der Waals surface area contributed by atoms with E-state index in [1.165, 1.54) is 17.7 Å². The molecule has 0 saturated heterocycles. The molecule has 6 amide bonds. The highest BCUT2D eigenvalue weighted by Crippen LogP contribution is 2.41.